The molecule has 1 atom stereocenters. The molecule has 0 aliphatic rings. The van der Waals surface area contributed by atoms with E-state index in [-0.39, 0.29) is 6.42 Å². The van der Waals surface area contributed by atoms with Gasteiger partial charge in [-0.25, -0.2) is 9.59 Å². The number of carbonyl (C=O) groups excluding carboxylic acids is 1. The standard InChI is InChI=1S/C10H13F6NO4/c1-2-3-4-21-7(20)8(17,6(18)19)5(9(11,12)13)10(14,15)16/h5H,2-4,17H2,1H3,(H,18,19). The number of alkyl halides is 6. The molecule has 21 heavy (non-hydrogen) atoms. The molecule has 124 valence electrons. The van der Waals surface area contributed by atoms with E-state index in [4.69, 9.17) is 5.11 Å². The summed E-state index contributed by atoms with van der Waals surface area (Å²) < 4.78 is 79.4. The number of carboxylic acids is 1. The van der Waals surface area contributed by atoms with Crippen molar-refractivity contribution >= 4 is 11.9 Å². The fourth-order valence-corrected chi connectivity index (χ4v) is 1.46. The monoisotopic (exact) mass is 325 g/mol. The fraction of sp³-hybridized carbons (Fsp3) is 0.800. The van der Waals surface area contributed by atoms with Gasteiger partial charge >= 0.3 is 24.3 Å². The minimum atomic E-state index is -6.09. The SMILES string of the molecule is CCCCOC(=O)C(N)(C(=O)O)C(C(F)(F)F)C(F)(F)F. The lowest BCUT2D eigenvalue weighted by molar-refractivity contribution is -0.300. The molecular weight excluding hydrogens is 312 g/mol. The summed E-state index contributed by atoms with van der Waals surface area (Å²) in [6.45, 7) is 1.07. The van der Waals surface area contributed by atoms with Crippen LogP contribution < -0.4 is 5.73 Å². The average molecular weight is 325 g/mol. The van der Waals surface area contributed by atoms with Crippen molar-refractivity contribution in [3.8, 4) is 0 Å². The number of esters is 1. The number of aliphatic carboxylic acids is 1. The normalized spacial score (nSPS) is 15.7. The number of hydrogen-bond donors (Lipinski definition) is 2. The van der Waals surface area contributed by atoms with E-state index in [0.29, 0.717) is 6.42 Å². The Hall–Kier alpha value is -1.52. The first kappa shape index (κ1) is 19.5. The van der Waals surface area contributed by atoms with Crippen molar-refractivity contribution < 1.29 is 45.8 Å². The second-order valence-electron chi connectivity index (χ2n) is 4.18. The minimum absolute atomic E-state index is 0.129. The van der Waals surface area contributed by atoms with Crippen LogP contribution in [0.5, 0.6) is 0 Å². The van der Waals surface area contributed by atoms with Crippen molar-refractivity contribution in [3.05, 3.63) is 0 Å². The summed E-state index contributed by atoms with van der Waals surface area (Å²) in [5.74, 6) is -9.64. The Bertz CT molecular complexity index is 380. The Balaban J connectivity index is 5.70. The summed E-state index contributed by atoms with van der Waals surface area (Å²) in [5, 5.41) is 8.63. The molecule has 11 heteroatoms. The van der Waals surface area contributed by atoms with Crippen LogP contribution in [-0.4, -0.2) is 41.5 Å². The van der Waals surface area contributed by atoms with Crippen LogP contribution in [0.1, 0.15) is 19.8 Å². The first-order valence-electron chi connectivity index (χ1n) is 5.62. The highest BCUT2D eigenvalue weighted by Crippen LogP contribution is 2.45. The quantitative estimate of drug-likeness (QED) is 0.337. The van der Waals surface area contributed by atoms with E-state index in [9.17, 15) is 35.9 Å². The Morgan fingerprint density at radius 3 is 1.86 bits per heavy atom. The van der Waals surface area contributed by atoms with Crippen LogP contribution in [0.4, 0.5) is 26.3 Å². The highest BCUT2D eigenvalue weighted by Gasteiger charge is 2.72. The highest BCUT2D eigenvalue weighted by molar-refractivity contribution is 6.04. The lowest BCUT2D eigenvalue weighted by Gasteiger charge is -2.33. The first-order valence-corrected chi connectivity index (χ1v) is 5.62. The second-order valence-corrected chi connectivity index (χ2v) is 4.18. The van der Waals surface area contributed by atoms with E-state index in [2.05, 4.69) is 10.5 Å². The second kappa shape index (κ2) is 6.50. The van der Waals surface area contributed by atoms with Crippen molar-refractivity contribution in [1.82, 2.24) is 0 Å². The fourth-order valence-electron chi connectivity index (χ4n) is 1.46. The molecule has 0 rings (SSSR count). The van der Waals surface area contributed by atoms with E-state index in [1.54, 1.807) is 6.92 Å². The summed E-state index contributed by atoms with van der Waals surface area (Å²) >= 11 is 0. The maximum absolute atomic E-state index is 12.5. The van der Waals surface area contributed by atoms with Crippen LogP contribution in [-0.2, 0) is 14.3 Å². The third-order valence-electron chi connectivity index (χ3n) is 2.53. The Morgan fingerprint density at radius 2 is 1.57 bits per heavy atom. The molecular formula is C10H13F6NO4. The molecule has 0 aromatic carbocycles. The predicted octanol–water partition coefficient (Wildman–Crippen LogP) is 1.85. The number of halogens is 6. The molecule has 0 saturated heterocycles. The summed E-state index contributed by atoms with van der Waals surface area (Å²) in [5.41, 5.74) is 0.368. The summed E-state index contributed by atoms with van der Waals surface area (Å²) in [7, 11) is 0. The van der Waals surface area contributed by atoms with Gasteiger partial charge in [0.2, 0.25) is 5.54 Å². The van der Waals surface area contributed by atoms with Gasteiger partial charge in [-0.3, -0.25) is 0 Å². The average Bonchev–Trinajstić information content (AvgIpc) is 2.24. The van der Waals surface area contributed by atoms with Gasteiger partial charge in [0, 0.05) is 0 Å². The molecule has 3 N–H and O–H groups in total. The molecule has 0 saturated carbocycles. The van der Waals surface area contributed by atoms with Crippen molar-refractivity contribution in [2.75, 3.05) is 6.61 Å². The van der Waals surface area contributed by atoms with Gasteiger partial charge in [-0.05, 0) is 6.42 Å². The van der Waals surface area contributed by atoms with Gasteiger partial charge in [0.15, 0.2) is 5.92 Å². The van der Waals surface area contributed by atoms with Crippen molar-refractivity contribution in [2.45, 2.75) is 37.7 Å². The molecule has 0 bridgehead atoms. The molecule has 0 aliphatic carbocycles. The molecule has 0 aromatic heterocycles. The number of carboxylic acid groups (broad SMARTS) is 1. The Labute approximate surface area is 115 Å². The number of ether oxygens (including phenoxy) is 1. The van der Waals surface area contributed by atoms with Gasteiger partial charge in [-0.2, -0.15) is 26.3 Å². The third kappa shape index (κ3) is 4.48. The van der Waals surface area contributed by atoms with Gasteiger partial charge in [0.05, 0.1) is 6.61 Å². The smallest absolute Gasteiger partial charge is 0.403 e. The number of nitrogens with two attached hydrogens (primary N) is 1. The van der Waals surface area contributed by atoms with E-state index < -0.39 is 42.4 Å². The minimum Gasteiger partial charge on any atom is -0.479 e. The van der Waals surface area contributed by atoms with Crippen LogP contribution in [0.3, 0.4) is 0 Å². The zero-order chi connectivity index (χ0) is 17.1. The Morgan fingerprint density at radius 1 is 1.14 bits per heavy atom. The van der Waals surface area contributed by atoms with E-state index >= 15 is 0 Å². The van der Waals surface area contributed by atoms with E-state index in [1.807, 2.05) is 0 Å². The lowest BCUT2D eigenvalue weighted by Crippen LogP contribution is -2.68. The van der Waals surface area contributed by atoms with Crippen LogP contribution in [0.15, 0.2) is 0 Å². The van der Waals surface area contributed by atoms with E-state index in [0.717, 1.165) is 0 Å². The van der Waals surface area contributed by atoms with Crippen LogP contribution in [0, 0.1) is 5.92 Å². The molecule has 1 unspecified atom stereocenters. The molecule has 0 aromatic rings. The summed E-state index contributed by atoms with van der Waals surface area (Å²) in [6.07, 6.45) is -11.6. The largest absolute Gasteiger partial charge is 0.479 e. The van der Waals surface area contributed by atoms with Crippen molar-refractivity contribution in [3.63, 3.8) is 0 Å². The van der Waals surface area contributed by atoms with Crippen molar-refractivity contribution in [1.29, 1.82) is 0 Å². The van der Waals surface area contributed by atoms with Crippen molar-refractivity contribution in [2.24, 2.45) is 11.7 Å². The van der Waals surface area contributed by atoms with Gasteiger partial charge in [0.1, 0.15) is 0 Å². The maximum Gasteiger partial charge on any atom is 0.403 e. The zero-order valence-electron chi connectivity index (χ0n) is 10.7. The predicted molar refractivity (Wildman–Crippen MR) is 56.0 cm³/mol. The molecule has 0 aliphatic heterocycles. The highest BCUT2D eigenvalue weighted by atomic mass is 19.4. The van der Waals surface area contributed by atoms with Gasteiger partial charge in [0.25, 0.3) is 0 Å². The topological polar surface area (TPSA) is 89.6 Å². The lowest BCUT2D eigenvalue weighted by atomic mass is 9.83. The van der Waals surface area contributed by atoms with E-state index in [1.165, 1.54) is 0 Å². The summed E-state index contributed by atoms with van der Waals surface area (Å²) in [6, 6.07) is 0. The third-order valence-corrected chi connectivity index (χ3v) is 2.53. The zero-order valence-corrected chi connectivity index (χ0v) is 10.7. The summed E-state index contributed by atoms with van der Waals surface area (Å²) in [4.78, 5) is 22.2. The van der Waals surface area contributed by atoms with Crippen LogP contribution >= 0.6 is 0 Å². The number of carbonyl (C=O) groups is 2. The molecule has 0 radical (unpaired) electrons. The Kier molecular flexibility index (Phi) is 6.03. The number of hydrogen-bond acceptors (Lipinski definition) is 4. The first-order chi connectivity index (χ1) is 9.29. The number of unbranched alkanes of at least 4 members (excludes halogenated alkanes) is 1. The van der Waals surface area contributed by atoms with Gasteiger partial charge < -0.3 is 15.6 Å². The molecule has 0 spiro atoms. The van der Waals surface area contributed by atoms with Gasteiger partial charge in [-0.15, -0.1) is 0 Å². The maximum atomic E-state index is 12.5. The number of rotatable bonds is 6. The molecule has 0 amide bonds. The van der Waals surface area contributed by atoms with Crippen LogP contribution in [0.2, 0.25) is 0 Å². The molecule has 0 heterocycles. The molecule has 5 nitrogen and oxygen atoms in total. The van der Waals surface area contributed by atoms with Crippen LogP contribution in [0.25, 0.3) is 0 Å². The molecule has 0 fully saturated rings. The van der Waals surface area contributed by atoms with Gasteiger partial charge in [-0.1, -0.05) is 13.3 Å².